The highest BCUT2D eigenvalue weighted by atomic mass is 32.2. The number of nitrogens with two attached hydrogens (primary N) is 2. The number of aromatic carboxylic acids is 1. The maximum absolute atomic E-state index is 11.4. The van der Waals surface area contributed by atoms with Gasteiger partial charge in [0, 0.05) is 5.56 Å². The van der Waals surface area contributed by atoms with Gasteiger partial charge in [-0.3, -0.25) is 0 Å². The fourth-order valence-electron chi connectivity index (χ4n) is 1.60. The van der Waals surface area contributed by atoms with Gasteiger partial charge in [-0.05, 0) is 24.3 Å². The Kier molecular flexibility index (Phi) is 3.05. The quantitative estimate of drug-likeness (QED) is 0.714. The zero-order valence-electron chi connectivity index (χ0n) is 9.53. The van der Waals surface area contributed by atoms with Crippen molar-refractivity contribution in [3.8, 4) is 11.3 Å². The molecule has 0 aliphatic carbocycles. The first kappa shape index (κ1) is 13.1. The molecule has 8 heteroatoms. The molecule has 0 saturated carbocycles. The van der Waals surface area contributed by atoms with E-state index in [9.17, 15) is 13.2 Å². The molecular formula is C11H10N2O5S. The number of carbonyl (C=O) groups is 1. The lowest BCUT2D eigenvalue weighted by Gasteiger charge is -2.09. The van der Waals surface area contributed by atoms with E-state index < -0.39 is 16.0 Å². The average Bonchev–Trinajstić information content (AvgIpc) is 2.80. The standard InChI is InChI=1S/C11H10N2O5S/c12-10-7(9-2-1-3-18-9)4-6(19(13,16)17)5-8(10)11(14)15/h1-5H,12H2,(H,14,15)(H2,13,16,17). The van der Waals surface area contributed by atoms with Gasteiger partial charge >= 0.3 is 5.97 Å². The number of carboxylic acid groups (broad SMARTS) is 1. The lowest BCUT2D eigenvalue weighted by atomic mass is 10.1. The number of primary sulfonamides is 1. The molecule has 7 nitrogen and oxygen atoms in total. The van der Waals surface area contributed by atoms with Crippen molar-refractivity contribution < 1.29 is 22.7 Å². The summed E-state index contributed by atoms with van der Waals surface area (Å²) in [6.07, 6.45) is 1.36. The first-order chi connectivity index (χ1) is 8.80. The molecule has 0 unspecified atom stereocenters. The third-order valence-corrected chi connectivity index (χ3v) is 3.39. The van der Waals surface area contributed by atoms with E-state index in [0.717, 1.165) is 6.07 Å². The zero-order valence-corrected chi connectivity index (χ0v) is 10.3. The Hall–Kier alpha value is -2.32. The summed E-state index contributed by atoms with van der Waals surface area (Å²) in [4.78, 5) is 10.7. The van der Waals surface area contributed by atoms with Crippen LogP contribution in [-0.4, -0.2) is 19.5 Å². The second-order valence-corrected chi connectivity index (χ2v) is 5.32. The van der Waals surface area contributed by atoms with Crippen LogP contribution in [-0.2, 0) is 10.0 Å². The number of carboxylic acids is 1. The van der Waals surface area contributed by atoms with Crippen LogP contribution in [0.1, 0.15) is 10.4 Å². The first-order valence-corrected chi connectivity index (χ1v) is 6.59. The van der Waals surface area contributed by atoms with E-state index in [1.165, 1.54) is 18.4 Å². The van der Waals surface area contributed by atoms with Crippen LogP contribution in [0.2, 0.25) is 0 Å². The minimum atomic E-state index is -4.05. The molecule has 1 heterocycles. The van der Waals surface area contributed by atoms with Crippen molar-refractivity contribution in [2.45, 2.75) is 4.90 Å². The van der Waals surface area contributed by atoms with Crippen molar-refractivity contribution in [1.82, 2.24) is 0 Å². The predicted octanol–water partition coefficient (Wildman–Crippen LogP) is 0.874. The second-order valence-electron chi connectivity index (χ2n) is 3.76. The number of hydrogen-bond donors (Lipinski definition) is 3. The summed E-state index contributed by atoms with van der Waals surface area (Å²) in [7, 11) is -4.05. The molecule has 1 aromatic heterocycles. The van der Waals surface area contributed by atoms with E-state index in [4.69, 9.17) is 20.4 Å². The fraction of sp³-hybridized carbons (Fsp3) is 0. The molecule has 0 amide bonds. The molecule has 0 fully saturated rings. The molecule has 0 bridgehead atoms. The van der Waals surface area contributed by atoms with E-state index in [1.807, 2.05) is 0 Å². The van der Waals surface area contributed by atoms with E-state index in [1.54, 1.807) is 6.07 Å². The van der Waals surface area contributed by atoms with Crippen molar-refractivity contribution in [2.24, 2.45) is 5.14 Å². The minimum absolute atomic E-state index is 0.0881. The summed E-state index contributed by atoms with van der Waals surface area (Å²) in [5.74, 6) is -1.10. The Morgan fingerprint density at radius 3 is 2.47 bits per heavy atom. The molecule has 0 radical (unpaired) electrons. The van der Waals surface area contributed by atoms with Gasteiger partial charge in [-0.25, -0.2) is 18.4 Å². The van der Waals surface area contributed by atoms with Crippen LogP contribution in [0.15, 0.2) is 39.8 Å². The normalized spacial score (nSPS) is 11.4. The third kappa shape index (κ3) is 2.44. The van der Waals surface area contributed by atoms with Gasteiger partial charge in [0.05, 0.1) is 22.4 Å². The molecule has 100 valence electrons. The molecule has 2 aromatic rings. The largest absolute Gasteiger partial charge is 0.478 e. The molecule has 0 atom stereocenters. The Morgan fingerprint density at radius 2 is 2.00 bits per heavy atom. The number of hydrogen-bond acceptors (Lipinski definition) is 5. The van der Waals surface area contributed by atoms with Crippen LogP contribution >= 0.6 is 0 Å². The maximum atomic E-state index is 11.4. The Labute approximate surface area is 108 Å². The Bertz CT molecular complexity index is 735. The van der Waals surface area contributed by atoms with Gasteiger partial charge in [0.15, 0.2) is 0 Å². The topological polar surface area (TPSA) is 137 Å². The molecule has 2 rings (SSSR count). The van der Waals surface area contributed by atoms with Crippen LogP contribution in [0, 0.1) is 0 Å². The van der Waals surface area contributed by atoms with Crippen LogP contribution in [0.5, 0.6) is 0 Å². The minimum Gasteiger partial charge on any atom is -0.478 e. The average molecular weight is 282 g/mol. The number of furan rings is 1. The molecular weight excluding hydrogens is 272 g/mol. The van der Waals surface area contributed by atoms with Crippen LogP contribution in [0.3, 0.4) is 0 Å². The van der Waals surface area contributed by atoms with Gasteiger partial charge in [-0.2, -0.15) is 0 Å². The summed E-state index contributed by atoms with van der Waals surface area (Å²) in [6, 6.07) is 5.19. The molecule has 0 aliphatic heterocycles. The van der Waals surface area contributed by atoms with Gasteiger partial charge in [0.1, 0.15) is 5.76 Å². The number of benzene rings is 1. The SMILES string of the molecule is Nc1c(C(=O)O)cc(S(N)(=O)=O)cc1-c1ccco1. The second kappa shape index (κ2) is 4.41. The maximum Gasteiger partial charge on any atom is 0.337 e. The number of rotatable bonds is 3. The fourth-order valence-corrected chi connectivity index (χ4v) is 2.17. The van der Waals surface area contributed by atoms with Crippen LogP contribution in [0.4, 0.5) is 5.69 Å². The van der Waals surface area contributed by atoms with Gasteiger partial charge in [-0.15, -0.1) is 0 Å². The van der Waals surface area contributed by atoms with E-state index in [0.29, 0.717) is 0 Å². The molecule has 1 aromatic carbocycles. The molecule has 5 N–H and O–H groups in total. The first-order valence-electron chi connectivity index (χ1n) is 5.04. The van der Waals surface area contributed by atoms with Crippen molar-refractivity contribution in [3.05, 3.63) is 36.1 Å². The molecule has 0 aliphatic rings. The van der Waals surface area contributed by atoms with E-state index in [-0.39, 0.29) is 27.5 Å². The number of nitrogen functional groups attached to an aromatic ring is 1. The number of anilines is 1. The smallest absolute Gasteiger partial charge is 0.337 e. The van der Waals surface area contributed by atoms with E-state index >= 15 is 0 Å². The lowest BCUT2D eigenvalue weighted by Crippen LogP contribution is -2.14. The van der Waals surface area contributed by atoms with Crippen LogP contribution < -0.4 is 10.9 Å². The van der Waals surface area contributed by atoms with Gasteiger partial charge in [0.2, 0.25) is 10.0 Å². The zero-order chi connectivity index (χ0) is 14.2. The molecule has 0 spiro atoms. The van der Waals surface area contributed by atoms with Crippen molar-refractivity contribution in [3.63, 3.8) is 0 Å². The number of sulfonamides is 1. The van der Waals surface area contributed by atoms with Crippen molar-refractivity contribution >= 4 is 21.7 Å². The van der Waals surface area contributed by atoms with Gasteiger partial charge < -0.3 is 15.3 Å². The molecule has 0 saturated heterocycles. The summed E-state index contributed by atoms with van der Waals surface area (Å²) < 4.78 is 27.8. The predicted molar refractivity (Wildman–Crippen MR) is 66.9 cm³/mol. The lowest BCUT2D eigenvalue weighted by molar-refractivity contribution is 0.0698. The third-order valence-electron chi connectivity index (χ3n) is 2.50. The van der Waals surface area contributed by atoms with E-state index in [2.05, 4.69) is 0 Å². The summed E-state index contributed by atoms with van der Waals surface area (Å²) in [5.41, 5.74) is 5.43. The van der Waals surface area contributed by atoms with Crippen molar-refractivity contribution in [1.29, 1.82) is 0 Å². The Balaban J connectivity index is 2.80. The monoisotopic (exact) mass is 282 g/mol. The highest BCUT2D eigenvalue weighted by Crippen LogP contribution is 2.31. The summed E-state index contributed by atoms with van der Waals surface area (Å²) in [6.45, 7) is 0. The summed E-state index contributed by atoms with van der Waals surface area (Å²) >= 11 is 0. The highest BCUT2D eigenvalue weighted by molar-refractivity contribution is 7.89. The van der Waals surface area contributed by atoms with Gasteiger partial charge in [-0.1, -0.05) is 0 Å². The Morgan fingerprint density at radius 1 is 1.32 bits per heavy atom. The van der Waals surface area contributed by atoms with Gasteiger partial charge in [0.25, 0.3) is 0 Å². The van der Waals surface area contributed by atoms with Crippen LogP contribution in [0.25, 0.3) is 11.3 Å². The van der Waals surface area contributed by atoms with Crippen molar-refractivity contribution in [2.75, 3.05) is 5.73 Å². The molecule has 19 heavy (non-hydrogen) atoms. The summed E-state index contributed by atoms with van der Waals surface area (Å²) in [5, 5.41) is 14.0. The highest BCUT2D eigenvalue weighted by Gasteiger charge is 2.20.